The molecule has 4 heteroatoms. The first-order valence-electron chi connectivity index (χ1n) is 5.55. The minimum Gasteiger partial charge on any atom is -0.469 e. The highest BCUT2D eigenvalue weighted by atomic mass is 16.3. The number of nitrogens with two attached hydrogens (primary N) is 1. The third kappa shape index (κ3) is 2.41. The average Bonchev–Trinajstić information content (AvgIpc) is 2.68. The number of rotatable bonds is 3. The van der Waals surface area contributed by atoms with Crippen molar-refractivity contribution in [2.45, 2.75) is 20.4 Å². The van der Waals surface area contributed by atoms with E-state index in [9.17, 15) is 0 Å². The van der Waals surface area contributed by atoms with Crippen LogP contribution in [-0.4, -0.2) is 12.0 Å². The Hall–Kier alpha value is -1.97. The first kappa shape index (κ1) is 11.5. The summed E-state index contributed by atoms with van der Waals surface area (Å²) >= 11 is 0. The summed E-state index contributed by atoms with van der Waals surface area (Å²) in [6, 6.07) is 5.80. The van der Waals surface area contributed by atoms with Gasteiger partial charge in [-0.25, -0.2) is 4.98 Å². The molecule has 2 N–H and O–H groups in total. The lowest BCUT2D eigenvalue weighted by atomic mass is 10.2. The van der Waals surface area contributed by atoms with Crippen LogP contribution in [-0.2, 0) is 6.54 Å². The van der Waals surface area contributed by atoms with E-state index in [2.05, 4.69) is 9.88 Å². The Morgan fingerprint density at radius 3 is 2.65 bits per heavy atom. The fourth-order valence-electron chi connectivity index (χ4n) is 1.68. The molecule has 2 aromatic rings. The molecule has 0 saturated heterocycles. The van der Waals surface area contributed by atoms with Gasteiger partial charge in [-0.1, -0.05) is 0 Å². The number of nitrogen functional groups attached to an aromatic ring is 1. The summed E-state index contributed by atoms with van der Waals surface area (Å²) in [5.74, 6) is 1.86. The molecule has 2 aromatic heterocycles. The summed E-state index contributed by atoms with van der Waals surface area (Å²) in [6.45, 7) is 4.65. The van der Waals surface area contributed by atoms with Crippen molar-refractivity contribution in [3.63, 3.8) is 0 Å². The van der Waals surface area contributed by atoms with Crippen LogP contribution < -0.4 is 10.6 Å². The van der Waals surface area contributed by atoms with E-state index in [1.165, 1.54) is 5.56 Å². The molecule has 0 aromatic carbocycles. The van der Waals surface area contributed by atoms with Gasteiger partial charge in [0.2, 0.25) is 0 Å². The van der Waals surface area contributed by atoms with Gasteiger partial charge in [0.15, 0.2) is 0 Å². The quantitative estimate of drug-likeness (QED) is 0.881. The van der Waals surface area contributed by atoms with Gasteiger partial charge in [-0.15, -0.1) is 0 Å². The van der Waals surface area contributed by atoms with E-state index >= 15 is 0 Å². The van der Waals surface area contributed by atoms with E-state index in [4.69, 9.17) is 10.2 Å². The molecule has 0 radical (unpaired) electrons. The lowest BCUT2D eigenvalue weighted by Crippen LogP contribution is -2.18. The lowest BCUT2D eigenvalue weighted by Gasteiger charge is -2.18. The first-order chi connectivity index (χ1) is 8.08. The number of anilines is 2. The Morgan fingerprint density at radius 2 is 2.06 bits per heavy atom. The second kappa shape index (κ2) is 4.49. The smallest absolute Gasteiger partial charge is 0.128 e. The van der Waals surface area contributed by atoms with E-state index < -0.39 is 0 Å². The Morgan fingerprint density at radius 1 is 1.29 bits per heavy atom. The Balaban J connectivity index is 2.17. The van der Waals surface area contributed by atoms with Crippen LogP contribution >= 0.6 is 0 Å². The highest BCUT2D eigenvalue weighted by Crippen LogP contribution is 2.18. The molecule has 2 rings (SSSR count). The van der Waals surface area contributed by atoms with Gasteiger partial charge in [-0.05, 0) is 32.0 Å². The molecule has 4 nitrogen and oxygen atoms in total. The molecule has 90 valence electrons. The van der Waals surface area contributed by atoms with E-state index in [1.807, 2.05) is 39.1 Å². The third-order valence-electron chi connectivity index (χ3n) is 2.88. The molecule has 0 unspecified atom stereocenters. The summed E-state index contributed by atoms with van der Waals surface area (Å²) in [6.07, 6.45) is 1.71. The third-order valence-corrected chi connectivity index (χ3v) is 2.88. The minimum absolute atomic E-state index is 0.724. The SMILES string of the molecule is Cc1nc(N(C)Cc2ccoc2C)ccc1N. The van der Waals surface area contributed by atoms with Crippen molar-refractivity contribution in [1.29, 1.82) is 0 Å². The van der Waals surface area contributed by atoms with E-state index in [-0.39, 0.29) is 0 Å². The second-order valence-corrected chi connectivity index (χ2v) is 4.20. The number of hydrogen-bond donors (Lipinski definition) is 1. The van der Waals surface area contributed by atoms with Crippen LogP contribution in [0.25, 0.3) is 0 Å². The van der Waals surface area contributed by atoms with Crippen LogP contribution in [0.4, 0.5) is 11.5 Å². The Bertz CT molecular complexity index is 519. The van der Waals surface area contributed by atoms with Crippen molar-refractivity contribution in [2.75, 3.05) is 17.7 Å². The molecule has 0 saturated carbocycles. The maximum atomic E-state index is 5.75. The molecule has 0 aliphatic rings. The minimum atomic E-state index is 0.724. The molecular formula is C13H17N3O. The Labute approximate surface area is 101 Å². The maximum absolute atomic E-state index is 5.75. The number of hydrogen-bond acceptors (Lipinski definition) is 4. The molecular weight excluding hydrogens is 214 g/mol. The molecule has 0 aliphatic carbocycles. The van der Waals surface area contributed by atoms with Crippen molar-refractivity contribution < 1.29 is 4.42 Å². The van der Waals surface area contributed by atoms with Gasteiger partial charge in [0.1, 0.15) is 11.6 Å². The van der Waals surface area contributed by atoms with Crippen molar-refractivity contribution >= 4 is 11.5 Å². The van der Waals surface area contributed by atoms with Gasteiger partial charge < -0.3 is 15.1 Å². The standard InChI is InChI=1S/C13H17N3O/c1-9-12(14)4-5-13(15-9)16(3)8-11-6-7-17-10(11)2/h4-7H,8,14H2,1-3H3. The number of pyridine rings is 1. The average molecular weight is 231 g/mol. The number of aromatic nitrogens is 1. The fourth-order valence-corrected chi connectivity index (χ4v) is 1.68. The molecule has 2 heterocycles. The first-order valence-corrected chi connectivity index (χ1v) is 5.55. The maximum Gasteiger partial charge on any atom is 0.128 e. The Kier molecular flexibility index (Phi) is 3.04. The number of aryl methyl sites for hydroxylation is 2. The zero-order valence-corrected chi connectivity index (χ0v) is 10.4. The van der Waals surface area contributed by atoms with Gasteiger partial charge in [0.05, 0.1) is 17.6 Å². The zero-order valence-electron chi connectivity index (χ0n) is 10.4. The largest absolute Gasteiger partial charge is 0.469 e. The lowest BCUT2D eigenvalue weighted by molar-refractivity contribution is 0.529. The van der Waals surface area contributed by atoms with Gasteiger partial charge >= 0.3 is 0 Å². The summed E-state index contributed by atoms with van der Waals surface area (Å²) < 4.78 is 5.28. The molecule has 0 bridgehead atoms. The van der Waals surface area contributed by atoms with Crippen LogP contribution in [0, 0.1) is 13.8 Å². The monoisotopic (exact) mass is 231 g/mol. The summed E-state index contributed by atoms with van der Waals surface area (Å²) in [4.78, 5) is 6.53. The summed E-state index contributed by atoms with van der Waals surface area (Å²) in [5, 5.41) is 0. The van der Waals surface area contributed by atoms with Gasteiger partial charge in [0.25, 0.3) is 0 Å². The highest BCUT2D eigenvalue weighted by molar-refractivity contribution is 5.50. The van der Waals surface area contributed by atoms with Gasteiger partial charge in [-0.2, -0.15) is 0 Å². The van der Waals surface area contributed by atoms with Gasteiger partial charge in [-0.3, -0.25) is 0 Å². The van der Waals surface area contributed by atoms with Crippen LogP contribution in [0.15, 0.2) is 28.9 Å². The van der Waals surface area contributed by atoms with E-state index in [0.717, 1.165) is 29.5 Å². The van der Waals surface area contributed by atoms with Gasteiger partial charge in [0, 0.05) is 19.2 Å². The van der Waals surface area contributed by atoms with E-state index in [1.54, 1.807) is 6.26 Å². The normalized spacial score (nSPS) is 10.5. The topological polar surface area (TPSA) is 55.3 Å². The van der Waals surface area contributed by atoms with Crippen LogP contribution in [0.3, 0.4) is 0 Å². The fraction of sp³-hybridized carbons (Fsp3) is 0.308. The van der Waals surface area contributed by atoms with Crippen LogP contribution in [0.5, 0.6) is 0 Å². The van der Waals surface area contributed by atoms with Crippen molar-refractivity contribution in [1.82, 2.24) is 4.98 Å². The van der Waals surface area contributed by atoms with Crippen LogP contribution in [0.1, 0.15) is 17.0 Å². The van der Waals surface area contributed by atoms with Crippen molar-refractivity contribution in [3.8, 4) is 0 Å². The molecule has 0 spiro atoms. The molecule has 17 heavy (non-hydrogen) atoms. The van der Waals surface area contributed by atoms with E-state index in [0.29, 0.717) is 0 Å². The summed E-state index contributed by atoms with van der Waals surface area (Å²) in [7, 11) is 2.00. The van der Waals surface area contributed by atoms with Crippen molar-refractivity contribution in [2.24, 2.45) is 0 Å². The molecule has 0 fully saturated rings. The predicted molar refractivity (Wildman–Crippen MR) is 68.9 cm³/mol. The molecule has 0 aliphatic heterocycles. The molecule has 0 atom stereocenters. The highest BCUT2D eigenvalue weighted by Gasteiger charge is 2.08. The molecule has 0 amide bonds. The van der Waals surface area contributed by atoms with Crippen LogP contribution in [0.2, 0.25) is 0 Å². The number of nitrogens with zero attached hydrogens (tertiary/aromatic N) is 2. The number of furan rings is 1. The predicted octanol–water partition coefficient (Wildman–Crippen LogP) is 2.51. The summed E-state index contributed by atoms with van der Waals surface area (Å²) in [5.41, 5.74) is 8.51. The van der Waals surface area contributed by atoms with Crippen molar-refractivity contribution in [3.05, 3.63) is 41.5 Å². The second-order valence-electron chi connectivity index (χ2n) is 4.20. The zero-order chi connectivity index (χ0) is 12.4.